The third kappa shape index (κ3) is 3.98. The quantitative estimate of drug-likeness (QED) is 0.318. The van der Waals surface area contributed by atoms with Crippen molar-refractivity contribution < 1.29 is 5.11 Å². The Morgan fingerprint density at radius 1 is 1.45 bits per heavy atom. The molecule has 3 nitrogen and oxygen atoms in total. The van der Waals surface area contributed by atoms with Crippen LogP contribution in [0, 0.1) is 10.8 Å². The summed E-state index contributed by atoms with van der Waals surface area (Å²) in [6.07, 6.45) is 2.61. The van der Waals surface area contributed by atoms with Crippen LogP contribution in [-0.2, 0) is 0 Å². The molecular formula is C8H18N2O. The van der Waals surface area contributed by atoms with Gasteiger partial charge in [0.15, 0.2) is 0 Å². The van der Waals surface area contributed by atoms with Gasteiger partial charge in [0, 0.05) is 12.0 Å². The molecule has 0 spiro atoms. The van der Waals surface area contributed by atoms with E-state index in [9.17, 15) is 0 Å². The third-order valence-corrected chi connectivity index (χ3v) is 1.94. The maximum atomic E-state index is 8.52. The smallest absolute Gasteiger partial charge is 0.0963 e. The molecule has 4 N–H and O–H groups in total. The van der Waals surface area contributed by atoms with Crippen molar-refractivity contribution in [3.8, 4) is 0 Å². The first-order valence-corrected chi connectivity index (χ1v) is 3.96. The van der Waals surface area contributed by atoms with Crippen LogP contribution >= 0.6 is 0 Å². The topological polar surface area (TPSA) is 70.1 Å². The van der Waals surface area contributed by atoms with Gasteiger partial charge in [-0.15, -0.1) is 0 Å². The summed E-state index contributed by atoms with van der Waals surface area (Å²) in [6.45, 7) is 4.13. The summed E-state index contributed by atoms with van der Waals surface area (Å²) in [7, 11) is 0. The molecule has 0 fully saturated rings. The number of unbranched alkanes of at least 4 members (excludes halogenated alkanes) is 1. The summed E-state index contributed by atoms with van der Waals surface area (Å²) in [5.41, 5.74) is 5.17. The second-order valence-corrected chi connectivity index (χ2v) is 3.48. The zero-order valence-electron chi connectivity index (χ0n) is 7.35. The molecule has 0 aromatic rings. The van der Waals surface area contributed by atoms with Crippen molar-refractivity contribution in [3.63, 3.8) is 0 Å². The average molecular weight is 158 g/mol. The molecule has 0 atom stereocenters. The molecule has 0 aromatic heterocycles. The minimum absolute atomic E-state index is 0.199. The number of hydrogen-bond donors (Lipinski definition) is 3. The molecule has 0 unspecified atom stereocenters. The number of rotatable bonds is 5. The Kier molecular flexibility index (Phi) is 4.11. The van der Waals surface area contributed by atoms with Crippen molar-refractivity contribution in [2.24, 2.45) is 11.1 Å². The second-order valence-electron chi connectivity index (χ2n) is 3.48. The van der Waals surface area contributed by atoms with E-state index in [0.29, 0.717) is 0 Å². The number of nitrogens with one attached hydrogen (secondary N) is 1. The molecule has 0 heterocycles. The molecule has 66 valence electrons. The fourth-order valence-electron chi connectivity index (χ4n) is 0.813. The van der Waals surface area contributed by atoms with Gasteiger partial charge in [-0.2, -0.15) is 0 Å². The third-order valence-electron chi connectivity index (χ3n) is 1.94. The average Bonchev–Trinajstić information content (AvgIpc) is 1.88. The van der Waals surface area contributed by atoms with Crippen LogP contribution in [0.15, 0.2) is 0 Å². The van der Waals surface area contributed by atoms with Crippen LogP contribution in [0.1, 0.15) is 33.1 Å². The molecule has 0 aliphatic heterocycles. The highest BCUT2D eigenvalue weighted by molar-refractivity contribution is 5.82. The number of aliphatic hydroxyl groups excluding tert-OH is 1. The van der Waals surface area contributed by atoms with Crippen molar-refractivity contribution in [2.75, 3.05) is 6.61 Å². The van der Waals surface area contributed by atoms with E-state index in [-0.39, 0.29) is 17.9 Å². The predicted octanol–water partition coefficient (Wildman–Crippen LogP) is 1.11. The number of nitrogens with two attached hydrogens (primary N) is 1. The molecule has 0 aliphatic carbocycles. The normalized spacial score (nSPS) is 11.5. The van der Waals surface area contributed by atoms with Crippen LogP contribution in [-0.4, -0.2) is 17.5 Å². The van der Waals surface area contributed by atoms with E-state index in [1.165, 1.54) is 0 Å². The van der Waals surface area contributed by atoms with Crippen LogP contribution < -0.4 is 5.73 Å². The van der Waals surface area contributed by atoms with E-state index >= 15 is 0 Å². The molecule has 0 radical (unpaired) electrons. The van der Waals surface area contributed by atoms with Gasteiger partial charge in [-0.3, -0.25) is 5.41 Å². The molecule has 0 saturated heterocycles. The number of aliphatic hydroxyl groups is 1. The predicted molar refractivity (Wildman–Crippen MR) is 46.6 cm³/mol. The van der Waals surface area contributed by atoms with Gasteiger partial charge in [0.05, 0.1) is 5.84 Å². The van der Waals surface area contributed by atoms with E-state index in [1.54, 1.807) is 0 Å². The van der Waals surface area contributed by atoms with Gasteiger partial charge in [0.2, 0.25) is 0 Å². The van der Waals surface area contributed by atoms with Crippen molar-refractivity contribution in [1.29, 1.82) is 5.41 Å². The Morgan fingerprint density at radius 3 is 2.36 bits per heavy atom. The van der Waals surface area contributed by atoms with Crippen molar-refractivity contribution in [3.05, 3.63) is 0 Å². The van der Waals surface area contributed by atoms with Gasteiger partial charge in [0.1, 0.15) is 0 Å². The second kappa shape index (κ2) is 4.34. The molecule has 0 aromatic carbocycles. The molecule has 11 heavy (non-hydrogen) atoms. The van der Waals surface area contributed by atoms with Crippen LogP contribution in [0.25, 0.3) is 0 Å². The van der Waals surface area contributed by atoms with Crippen LogP contribution in [0.3, 0.4) is 0 Å². The van der Waals surface area contributed by atoms with Gasteiger partial charge in [-0.05, 0) is 12.8 Å². The molecular weight excluding hydrogens is 140 g/mol. The lowest BCUT2D eigenvalue weighted by atomic mass is 9.86. The Bertz CT molecular complexity index is 132. The van der Waals surface area contributed by atoms with E-state index in [4.69, 9.17) is 16.2 Å². The Hall–Kier alpha value is -0.570. The summed E-state index contributed by atoms with van der Waals surface area (Å²) in [4.78, 5) is 0. The van der Waals surface area contributed by atoms with Gasteiger partial charge in [0.25, 0.3) is 0 Å². The fraction of sp³-hybridized carbons (Fsp3) is 0.875. The largest absolute Gasteiger partial charge is 0.396 e. The lowest BCUT2D eigenvalue weighted by Gasteiger charge is -2.22. The van der Waals surface area contributed by atoms with Gasteiger partial charge in [-0.1, -0.05) is 20.3 Å². The van der Waals surface area contributed by atoms with Gasteiger partial charge < -0.3 is 10.8 Å². The van der Waals surface area contributed by atoms with E-state index in [1.807, 2.05) is 13.8 Å². The highest BCUT2D eigenvalue weighted by Crippen LogP contribution is 2.22. The Morgan fingerprint density at radius 2 is 2.00 bits per heavy atom. The van der Waals surface area contributed by atoms with Crippen molar-refractivity contribution >= 4 is 5.84 Å². The summed E-state index contributed by atoms with van der Waals surface area (Å²) in [5, 5.41) is 15.8. The molecule has 3 heteroatoms. The first kappa shape index (κ1) is 10.4. The fourth-order valence-corrected chi connectivity index (χ4v) is 0.813. The maximum absolute atomic E-state index is 8.52. The first-order chi connectivity index (χ1) is 5.00. The SMILES string of the molecule is CC(C)(CCCCO)C(=N)N. The van der Waals surface area contributed by atoms with Crippen LogP contribution in [0.2, 0.25) is 0 Å². The van der Waals surface area contributed by atoms with Crippen molar-refractivity contribution in [1.82, 2.24) is 0 Å². The lowest BCUT2D eigenvalue weighted by Crippen LogP contribution is -2.30. The molecule has 0 bridgehead atoms. The zero-order chi connectivity index (χ0) is 8.91. The molecule has 0 aliphatic rings. The summed E-state index contributed by atoms with van der Waals surface area (Å²) < 4.78 is 0. The highest BCUT2D eigenvalue weighted by atomic mass is 16.2. The Labute approximate surface area is 68.1 Å². The number of amidine groups is 1. The molecule has 0 rings (SSSR count). The molecule has 0 saturated carbocycles. The van der Waals surface area contributed by atoms with Crippen molar-refractivity contribution in [2.45, 2.75) is 33.1 Å². The number of hydrogen-bond acceptors (Lipinski definition) is 2. The van der Waals surface area contributed by atoms with E-state index in [2.05, 4.69) is 0 Å². The maximum Gasteiger partial charge on any atom is 0.0963 e. The van der Waals surface area contributed by atoms with Gasteiger partial charge in [-0.25, -0.2) is 0 Å². The minimum Gasteiger partial charge on any atom is -0.396 e. The first-order valence-electron chi connectivity index (χ1n) is 3.96. The van der Waals surface area contributed by atoms with Crippen LogP contribution in [0.5, 0.6) is 0 Å². The van der Waals surface area contributed by atoms with Crippen LogP contribution in [0.4, 0.5) is 0 Å². The zero-order valence-corrected chi connectivity index (χ0v) is 7.35. The Balaban J connectivity index is 3.64. The highest BCUT2D eigenvalue weighted by Gasteiger charge is 2.20. The summed E-state index contributed by atoms with van der Waals surface area (Å²) >= 11 is 0. The minimum atomic E-state index is -0.199. The van der Waals surface area contributed by atoms with E-state index in [0.717, 1.165) is 19.3 Å². The molecule has 0 amide bonds. The van der Waals surface area contributed by atoms with Gasteiger partial charge >= 0.3 is 0 Å². The monoisotopic (exact) mass is 158 g/mol. The van der Waals surface area contributed by atoms with E-state index < -0.39 is 0 Å². The summed E-state index contributed by atoms with van der Waals surface area (Å²) in [5.74, 6) is 0.232. The standard InChI is InChI=1S/C8H18N2O/c1-8(2,7(9)10)5-3-4-6-11/h11H,3-6H2,1-2H3,(H3,9,10). The lowest BCUT2D eigenvalue weighted by molar-refractivity contribution is 0.275. The summed E-state index contributed by atoms with van der Waals surface area (Å²) in [6, 6.07) is 0.